The Morgan fingerprint density at radius 1 is 1.07 bits per heavy atom. The van der Waals surface area contributed by atoms with E-state index < -0.39 is 11.7 Å². The molecular weight excluding hydrogens is 379 g/mol. The lowest BCUT2D eigenvalue weighted by molar-refractivity contribution is -0.137. The smallest absolute Gasteiger partial charge is 0.376 e. The molecule has 1 amide bonds. The summed E-state index contributed by atoms with van der Waals surface area (Å²) in [4.78, 5) is 17.7. The number of nitrogens with zero attached hydrogens (tertiary/aromatic N) is 1. The van der Waals surface area contributed by atoms with Gasteiger partial charge in [0.1, 0.15) is 0 Å². The van der Waals surface area contributed by atoms with Crippen molar-refractivity contribution in [1.29, 1.82) is 0 Å². The second-order valence-corrected chi connectivity index (χ2v) is 7.40. The highest BCUT2D eigenvalue weighted by Crippen LogP contribution is 2.31. The van der Waals surface area contributed by atoms with Crippen molar-refractivity contribution in [2.45, 2.75) is 24.9 Å². The van der Waals surface area contributed by atoms with Crippen LogP contribution in [0.2, 0.25) is 0 Å². The Kier molecular flexibility index (Phi) is 5.22. The van der Waals surface area contributed by atoms with E-state index in [4.69, 9.17) is 0 Å². The average Bonchev–Trinajstić information content (AvgIpc) is 3.16. The number of H-pyrrole nitrogens is 1. The Balaban J connectivity index is 1.31. The van der Waals surface area contributed by atoms with Gasteiger partial charge < -0.3 is 15.2 Å². The van der Waals surface area contributed by atoms with Crippen molar-refractivity contribution in [3.8, 4) is 0 Å². The summed E-state index contributed by atoms with van der Waals surface area (Å²) in [7, 11) is 0. The van der Waals surface area contributed by atoms with Crippen LogP contribution in [0.1, 0.15) is 30.0 Å². The normalized spacial score (nSPS) is 15.6. The number of rotatable bonds is 4. The molecule has 0 spiro atoms. The van der Waals surface area contributed by atoms with Crippen LogP contribution < -0.4 is 5.32 Å². The fourth-order valence-electron chi connectivity index (χ4n) is 3.85. The summed E-state index contributed by atoms with van der Waals surface area (Å²) in [5.74, 6) is 0.278. The summed E-state index contributed by atoms with van der Waals surface area (Å²) >= 11 is 0. The first-order valence-electron chi connectivity index (χ1n) is 9.67. The first-order chi connectivity index (χ1) is 13.9. The molecule has 29 heavy (non-hydrogen) atoms. The monoisotopic (exact) mass is 401 g/mol. The van der Waals surface area contributed by atoms with Gasteiger partial charge in [0.2, 0.25) is 5.91 Å². The van der Waals surface area contributed by atoms with Gasteiger partial charge in [-0.25, -0.2) is 0 Å². The molecular formula is C22H22F3N3O. The number of fused-ring (bicyclic) bond motifs is 1. The Hall–Kier alpha value is -2.96. The number of piperidine rings is 1. The fourth-order valence-corrected chi connectivity index (χ4v) is 3.85. The Morgan fingerprint density at radius 3 is 2.55 bits per heavy atom. The van der Waals surface area contributed by atoms with Crippen LogP contribution in [0, 0.1) is 0 Å². The van der Waals surface area contributed by atoms with Crippen LogP contribution in [0.3, 0.4) is 0 Å². The van der Waals surface area contributed by atoms with E-state index in [1.165, 1.54) is 23.2 Å². The molecule has 0 atom stereocenters. The number of nitrogens with one attached hydrogen (secondary N) is 2. The van der Waals surface area contributed by atoms with Gasteiger partial charge in [-0.3, -0.25) is 4.79 Å². The van der Waals surface area contributed by atoms with Crippen LogP contribution in [0.25, 0.3) is 10.9 Å². The van der Waals surface area contributed by atoms with Crippen LogP contribution in [0.15, 0.2) is 54.6 Å². The minimum Gasteiger partial charge on any atom is -0.376 e. The topological polar surface area (TPSA) is 48.1 Å². The largest absolute Gasteiger partial charge is 0.416 e. The van der Waals surface area contributed by atoms with Gasteiger partial charge in [-0.1, -0.05) is 24.3 Å². The van der Waals surface area contributed by atoms with Crippen LogP contribution >= 0.6 is 0 Å². The molecule has 0 bridgehead atoms. The molecule has 0 unspecified atom stereocenters. The number of aromatic nitrogens is 1. The highest BCUT2D eigenvalue weighted by Gasteiger charge is 2.30. The maximum absolute atomic E-state index is 12.8. The molecule has 1 aliphatic rings. The quantitative estimate of drug-likeness (QED) is 0.646. The third-order valence-electron chi connectivity index (χ3n) is 5.47. The van der Waals surface area contributed by atoms with Crippen LogP contribution in [-0.2, 0) is 11.0 Å². The lowest BCUT2D eigenvalue weighted by Gasteiger charge is -2.31. The average molecular weight is 401 g/mol. The molecule has 4 rings (SSSR count). The third-order valence-corrected chi connectivity index (χ3v) is 5.47. The number of amides is 1. The predicted octanol–water partition coefficient (Wildman–Crippen LogP) is 5.00. The second kappa shape index (κ2) is 7.81. The van der Waals surface area contributed by atoms with Crippen molar-refractivity contribution < 1.29 is 18.0 Å². The van der Waals surface area contributed by atoms with Crippen LogP contribution in [-0.4, -0.2) is 35.4 Å². The molecule has 4 nitrogen and oxygen atoms in total. The minimum absolute atomic E-state index is 0.0155. The van der Waals surface area contributed by atoms with Crippen molar-refractivity contribution in [1.82, 2.24) is 9.88 Å². The van der Waals surface area contributed by atoms with Crippen molar-refractivity contribution in [3.63, 3.8) is 0 Å². The number of likely N-dealkylation sites (tertiary alicyclic amines) is 1. The summed E-state index contributed by atoms with van der Waals surface area (Å²) in [6.07, 6.45) is -2.67. The van der Waals surface area contributed by atoms with E-state index in [1.807, 2.05) is 12.1 Å². The summed E-state index contributed by atoms with van der Waals surface area (Å²) in [6, 6.07) is 15.2. The number of aromatic amines is 1. The summed E-state index contributed by atoms with van der Waals surface area (Å²) in [5.41, 5.74) is 1.88. The lowest BCUT2D eigenvalue weighted by Crippen LogP contribution is -2.41. The van der Waals surface area contributed by atoms with Crippen molar-refractivity contribution >= 4 is 22.5 Å². The van der Waals surface area contributed by atoms with Crippen LogP contribution in [0.5, 0.6) is 0 Å². The number of carbonyl (C=O) groups excluding carboxylic acids is 1. The number of alkyl halides is 3. The molecule has 1 aromatic heterocycles. The molecule has 7 heteroatoms. The molecule has 2 N–H and O–H groups in total. The number of halogens is 3. The molecule has 2 aromatic carbocycles. The summed E-state index contributed by atoms with van der Waals surface area (Å²) in [6.45, 7) is 1.27. The Labute approximate surface area is 166 Å². The third kappa shape index (κ3) is 4.39. The first-order valence-corrected chi connectivity index (χ1v) is 9.67. The molecule has 0 saturated carbocycles. The van der Waals surface area contributed by atoms with E-state index in [1.54, 1.807) is 4.90 Å². The van der Waals surface area contributed by atoms with E-state index in [0.29, 0.717) is 24.7 Å². The van der Waals surface area contributed by atoms with E-state index >= 15 is 0 Å². The molecule has 152 valence electrons. The van der Waals surface area contributed by atoms with E-state index in [-0.39, 0.29) is 12.5 Å². The SMILES string of the molecule is O=C(CNc1cccc(C(F)(F)F)c1)N1CCC(c2cc3ccccc3[nH]2)CC1. The maximum atomic E-state index is 12.8. The molecule has 0 radical (unpaired) electrons. The van der Waals surface area contributed by atoms with Crippen molar-refractivity contribution in [3.05, 3.63) is 65.9 Å². The maximum Gasteiger partial charge on any atom is 0.416 e. The van der Waals surface area contributed by atoms with Crippen molar-refractivity contribution in [2.75, 3.05) is 25.0 Å². The number of anilines is 1. The van der Waals surface area contributed by atoms with Gasteiger partial charge >= 0.3 is 6.18 Å². The standard InChI is InChI=1S/C22H22F3N3O/c23-22(24,25)17-5-3-6-18(13-17)26-14-21(29)28-10-8-15(9-11-28)20-12-16-4-1-2-7-19(16)27-20/h1-7,12-13,15,26-27H,8-11,14H2. The number of hydrogen-bond donors (Lipinski definition) is 2. The Morgan fingerprint density at radius 2 is 1.83 bits per heavy atom. The molecule has 2 heterocycles. The predicted molar refractivity (Wildman–Crippen MR) is 107 cm³/mol. The molecule has 0 aliphatic carbocycles. The van der Waals surface area contributed by atoms with Gasteiger partial charge in [0, 0.05) is 35.9 Å². The zero-order valence-corrected chi connectivity index (χ0v) is 15.8. The minimum atomic E-state index is -4.40. The lowest BCUT2D eigenvalue weighted by atomic mass is 9.93. The van der Waals surface area contributed by atoms with Gasteiger partial charge in [0.25, 0.3) is 0 Å². The van der Waals surface area contributed by atoms with Crippen molar-refractivity contribution in [2.24, 2.45) is 0 Å². The Bertz CT molecular complexity index is 971. The van der Waals surface area contributed by atoms with Gasteiger partial charge in [-0.2, -0.15) is 13.2 Å². The fraction of sp³-hybridized carbons (Fsp3) is 0.318. The molecule has 3 aromatic rings. The zero-order valence-electron chi connectivity index (χ0n) is 15.8. The van der Waals surface area contributed by atoms with E-state index in [0.717, 1.165) is 30.5 Å². The van der Waals surface area contributed by atoms with Crippen LogP contribution in [0.4, 0.5) is 18.9 Å². The second-order valence-electron chi connectivity index (χ2n) is 7.40. The number of hydrogen-bond acceptors (Lipinski definition) is 2. The molecule has 1 saturated heterocycles. The zero-order chi connectivity index (χ0) is 20.4. The number of benzene rings is 2. The van der Waals surface area contributed by atoms with Gasteiger partial charge in [-0.15, -0.1) is 0 Å². The molecule has 1 fully saturated rings. The van der Waals surface area contributed by atoms with E-state index in [9.17, 15) is 18.0 Å². The van der Waals surface area contributed by atoms with Gasteiger partial charge in [0.05, 0.1) is 12.1 Å². The van der Waals surface area contributed by atoms with E-state index in [2.05, 4.69) is 28.5 Å². The first kappa shape index (κ1) is 19.4. The number of para-hydroxylation sites is 1. The highest BCUT2D eigenvalue weighted by atomic mass is 19.4. The summed E-state index contributed by atoms with van der Waals surface area (Å²) < 4.78 is 38.4. The number of carbonyl (C=O) groups is 1. The summed E-state index contributed by atoms with van der Waals surface area (Å²) in [5, 5.41) is 4.00. The highest BCUT2D eigenvalue weighted by molar-refractivity contribution is 5.81. The van der Waals surface area contributed by atoms with Gasteiger partial charge in [-0.05, 0) is 48.6 Å². The van der Waals surface area contributed by atoms with Gasteiger partial charge in [0.15, 0.2) is 0 Å². The molecule has 1 aliphatic heterocycles.